The number of hydrogen-bond acceptors (Lipinski definition) is 16. The predicted octanol–water partition coefficient (Wildman–Crippen LogP) is 11.0. The fraction of sp³-hybridized carbons (Fsp3) is 0.905. The number of aliphatic hydroxyl groups is 3. The molecule has 16 nitrogen and oxygen atoms in total. The third kappa shape index (κ3) is 21.0. The average molecular weight is 1410 g/mol. The fourth-order valence-electron chi connectivity index (χ4n) is 6.32. The summed E-state index contributed by atoms with van der Waals surface area (Å²) in [4.78, 5) is 0. The quantitative estimate of drug-likeness (QED) is 0.0226. The molecule has 2 atom stereocenters. The van der Waals surface area contributed by atoms with Crippen LogP contribution in [0.5, 0.6) is 0 Å². The van der Waals surface area contributed by atoms with E-state index in [9.17, 15) is 61.5 Å². The summed E-state index contributed by atoms with van der Waals surface area (Å²) in [5, 5.41) is 26.2. The lowest BCUT2D eigenvalue weighted by Crippen LogP contribution is -2.75. The van der Waals surface area contributed by atoms with Crippen LogP contribution in [0.15, 0.2) is 25.3 Å². The molecule has 0 aliphatic carbocycles. The Labute approximate surface area is 482 Å². The van der Waals surface area contributed by atoms with Gasteiger partial charge in [0.2, 0.25) is 0 Å². The molecule has 0 aromatic rings. The fourth-order valence-corrected chi connectivity index (χ4v) is 8.72. The summed E-state index contributed by atoms with van der Waals surface area (Å²) in [6.45, 7) is -30.2. The van der Waals surface area contributed by atoms with Gasteiger partial charge in [-0.15, -0.1) is 13.2 Å². The van der Waals surface area contributed by atoms with E-state index >= 15 is 70.2 Å². The first-order chi connectivity index (χ1) is 39.9. The Morgan fingerprint density at radius 3 is 0.910 bits per heavy atom. The molecular formula is C42H54F30O16Si. The molecule has 47 heteroatoms. The van der Waals surface area contributed by atoms with Gasteiger partial charge in [0, 0.05) is 25.9 Å². The zero-order valence-electron chi connectivity index (χ0n) is 45.3. The van der Waals surface area contributed by atoms with Crippen LogP contribution in [0.1, 0.15) is 27.2 Å². The molecule has 0 aromatic heterocycles. The third-order valence-electron chi connectivity index (χ3n) is 10.7. The van der Waals surface area contributed by atoms with Crippen molar-refractivity contribution in [2.24, 2.45) is 10.8 Å². The first-order valence-corrected chi connectivity index (χ1v) is 25.8. The SMILES string of the molecule is C=CCOCC(F)(F)COCC(C(F)(F)OC(F)(F)CCO)(C(F)(F)OC(F)(F)C(F)(F)CO)C(F)(F)OC(F)(F)C(COCC(F)(F)COCC=C)(C(F)(F)OC(F)(F)C(F)(F)CO)C(F)(F)OC(F)(F)C(F)(F)COCC[Si](OCC)(OCC)OCC. The highest BCUT2D eigenvalue weighted by atomic mass is 28.4. The Balaban J connectivity index is 9.70. The van der Waals surface area contributed by atoms with Crippen molar-refractivity contribution in [3.05, 3.63) is 25.3 Å². The maximum absolute atomic E-state index is 17.2. The summed E-state index contributed by atoms with van der Waals surface area (Å²) in [6.07, 6.45) is -86.1. The number of ether oxygens (including phenoxy) is 10. The first-order valence-electron chi connectivity index (χ1n) is 23.9. The second-order valence-corrected chi connectivity index (χ2v) is 20.3. The molecule has 0 rings (SSSR count). The van der Waals surface area contributed by atoms with Crippen molar-refractivity contribution in [2.45, 2.75) is 124 Å². The summed E-state index contributed by atoms with van der Waals surface area (Å²) in [5.41, 5.74) is -17.4. The Kier molecular flexibility index (Phi) is 30.4. The number of alkyl halides is 30. The van der Waals surface area contributed by atoms with Gasteiger partial charge in [-0.25, -0.2) is 31.8 Å². The van der Waals surface area contributed by atoms with E-state index in [0.717, 1.165) is 0 Å². The second kappa shape index (κ2) is 31.5. The molecule has 3 N–H and O–H groups in total. The van der Waals surface area contributed by atoms with E-state index in [1.165, 1.54) is 20.8 Å². The van der Waals surface area contributed by atoms with Gasteiger partial charge in [0.05, 0.1) is 46.1 Å². The molecule has 0 heterocycles. The third-order valence-corrected chi connectivity index (χ3v) is 13.7. The molecule has 0 fully saturated rings. The van der Waals surface area contributed by atoms with Crippen LogP contribution < -0.4 is 0 Å². The highest BCUT2D eigenvalue weighted by Gasteiger charge is 2.93. The molecule has 0 aromatic carbocycles. The number of aliphatic hydroxyl groups excluding tert-OH is 3. The maximum Gasteiger partial charge on any atom is 0.503 e. The molecule has 0 saturated carbocycles. The van der Waals surface area contributed by atoms with Crippen LogP contribution in [0.25, 0.3) is 0 Å². The second-order valence-electron chi connectivity index (χ2n) is 17.6. The van der Waals surface area contributed by atoms with Crippen LogP contribution in [0.2, 0.25) is 6.04 Å². The molecule has 2 unspecified atom stereocenters. The smallest absolute Gasteiger partial charge is 0.396 e. The molecule has 89 heavy (non-hydrogen) atoms. The van der Waals surface area contributed by atoms with E-state index in [-0.39, 0.29) is 19.8 Å². The van der Waals surface area contributed by atoms with Gasteiger partial charge in [-0.1, -0.05) is 12.2 Å². The van der Waals surface area contributed by atoms with Crippen LogP contribution in [0, 0.1) is 10.8 Å². The Morgan fingerprint density at radius 2 is 0.629 bits per heavy atom. The number of rotatable bonds is 50. The molecule has 0 bridgehead atoms. The summed E-state index contributed by atoms with van der Waals surface area (Å²) in [5.74, 6) is -31.6. The lowest BCUT2D eigenvalue weighted by molar-refractivity contribution is -0.596. The summed E-state index contributed by atoms with van der Waals surface area (Å²) in [6, 6.07) is -0.965. The van der Waals surface area contributed by atoms with Gasteiger partial charge < -0.3 is 52.3 Å². The van der Waals surface area contributed by atoms with Crippen LogP contribution in [-0.4, -0.2) is 221 Å². The number of hydrogen-bond donors (Lipinski definition) is 3. The Morgan fingerprint density at radius 1 is 0.348 bits per heavy atom. The first kappa shape index (κ1) is 86.0. The van der Waals surface area contributed by atoms with Crippen molar-refractivity contribution in [2.75, 3.05) is 106 Å². The molecule has 0 radical (unpaired) electrons. The molecule has 0 aliphatic rings. The molecule has 0 saturated heterocycles. The number of halogens is 30. The minimum Gasteiger partial charge on any atom is -0.396 e. The summed E-state index contributed by atoms with van der Waals surface area (Å²) < 4.78 is 513. The van der Waals surface area contributed by atoms with E-state index in [0.29, 0.717) is 12.2 Å². The van der Waals surface area contributed by atoms with Gasteiger partial charge in [0.25, 0.3) is 22.7 Å². The van der Waals surface area contributed by atoms with Crippen LogP contribution in [0.3, 0.4) is 0 Å². The van der Waals surface area contributed by atoms with Gasteiger partial charge in [-0.3, -0.25) is 9.47 Å². The van der Waals surface area contributed by atoms with Gasteiger partial charge in [0.15, 0.2) is 0 Å². The molecular weight excluding hydrogens is 1360 g/mol. The van der Waals surface area contributed by atoms with Crippen molar-refractivity contribution < 1.29 is 208 Å². The van der Waals surface area contributed by atoms with E-state index in [2.05, 4.69) is 46.3 Å². The van der Waals surface area contributed by atoms with E-state index in [1.54, 1.807) is 0 Å². The van der Waals surface area contributed by atoms with Gasteiger partial charge in [0.1, 0.15) is 46.2 Å². The van der Waals surface area contributed by atoms with E-state index in [4.69, 9.17) is 28.6 Å². The van der Waals surface area contributed by atoms with Gasteiger partial charge in [-0.05, 0) is 20.8 Å². The van der Waals surface area contributed by atoms with E-state index < -0.39 is 209 Å². The monoisotopic (exact) mass is 1410 g/mol. The van der Waals surface area contributed by atoms with Crippen molar-refractivity contribution in [1.82, 2.24) is 0 Å². The van der Waals surface area contributed by atoms with Crippen LogP contribution in [0.4, 0.5) is 132 Å². The zero-order chi connectivity index (χ0) is 70.3. The zero-order valence-corrected chi connectivity index (χ0v) is 46.3. The average Bonchev–Trinajstić information content (AvgIpc) is 0.697. The van der Waals surface area contributed by atoms with Crippen LogP contribution >= 0.6 is 0 Å². The van der Waals surface area contributed by atoms with Gasteiger partial charge in [-0.2, -0.15) is 114 Å². The molecule has 0 amide bonds. The lowest BCUT2D eigenvalue weighted by Gasteiger charge is -2.51. The van der Waals surface area contributed by atoms with Crippen LogP contribution in [-0.2, 0) is 60.6 Å². The maximum atomic E-state index is 17.2. The molecule has 0 spiro atoms. The van der Waals surface area contributed by atoms with Gasteiger partial charge >= 0.3 is 87.7 Å². The lowest BCUT2D eigenvalue weighted by atomic mass is 9.81. The largest absolute Gasteiger partial charge is 0.503 e. The predicted molar refractivity (Wildman–Crippen MR) is 230 cm³/mol. The van der Waals surface area contributed by atoms with Crippen molar-refractivity contribution in [1.29, 1.82) is 0 Å². The van der Waals surface area contributed by atoms with Crippen molar-refractivity contribution in [3.63, 3.8) is 0 Å². The molecule has 0 aliphatic heterocycles. The molecule has 532 valence electrons. The van der Waals surface area contributed by atoms with E-state index in [1.807, 2.05) is 14.2 Å². The Bertz CT molecular complexity index is 2140. The minimum atomic E-state index is -9.36. The highest BCUT2D eigenvalue weighted by Crippen LogP contribution is 2.68. The summed E-state index contributed by atoms with van der Waals surface area (Å²) >= 11 is 0. The van der Waals surface area contributed by atoms with Crippen molar-refractivity contribution >= 4 is 8.80 Å². The minimum absolute atomic E-state index is 0.375. The highest BCUT2D eigenvalue weighted by molar-refractivity contribution is 6.60. The Hall–Kier alpha value is -3.04. The summed E-state index contributed by atoms with van der Waals surface area (Å²) in [7, 11) is -4.19. The normalized spacial score (nSPS) is 16.4. The van der Waals surface area contributed by atoms with Crippen molar-refractivity contribution in [3.8, 4) is 0 Å². The topological polar surface area (TPSA) is 181 Å². The standard InChI is InChI=1S/C42H54F30O16Si/c1-6-13-76-19-26(43,44)21-79-23-28(34(55,56)84-33(53,54)11-12-73,37(61,62)86-40(67,68)30(47,48)17-74)35(57,58)85-36(59,60)29(24-80-22-27(45,46)20-77-14-7-2,38(63,64)87-41(69,70)31(49,50)18-75)39(65,66)88-42(71,72)32(51,52)25-78-15-16-89(81-8-3,82-9-4)83-10-5/h6-7,73-75H,1-2,8-25H2,3-5H3.